The van der Waals surface area contributed by atoms with Gasteiger partial charge in [-0.1, -0.05) is 25.1 Å². The van der Waals surface area contributed by atoms with E-state index in [0.717, 1.165) is 12.0 Å². The van der Waals surface area contributed by atoms with Gasteiger partial charge in [0.25, 0.3) is 5.91 Å². The maximum Gasteiger partial charge on any atom is 0.321 e. The molecule has 2 atom stereocenters. The predicted molar refractivity (Wildman–Crippen MR) is 76.3 cm³/mol. The second-order valence-electron chi connectivity index (χ2n) is 4.38. The van der Waals surface area contributed by atoms with Crippen LogP contribution in [-0.4, -0.2) is 25.1 Å². The number of benzene rings is 1. The summed E-state index contributed by atoms with van der Waals surface area (Å²) in [6.07, 6.45) is -0.0309. The van der Waals surface area contributed by atoms with E-state index in [1.54, 1.807) is 13.0 Å². The average molecular weight is 279 g/mol. The number of amides is 3. The van der Waals surface area contributed by atoms with E-state index in [1.807, 2.05) is 25.1 Å². The van der Waals surface area contributed by atoms with Gasteiger partial charge in [-0.2, -0.15) is 0 Å². The third-order valence-electron chi connectivity index (χ3n) is 2.90. The van der Waals surface area contributed by atoms with E-state index in [1.165, 1.54) is 7.05 Å². The molecule has 0 aliphatic heterocycles. The standard InChI is InChI=1S/C14H21N3O3/c1-4-11(15)10-7-5-6-8-12(10)20-9(2)13(18)17-14(19)16-3/h5-9,11H,4,15H2,1-3H3,(H2,16,17,18,19). The Kier molecular flexibility index (Phi) is 5.99. The van der Waals surface area contributed by atoms with E-state index in [9.17, 15) is 9.59 Å². The fourth-order valence-corrected chi connectivity index (χ4v) is 1.63. The summed E-state index contributed by atoms with van der Waals surface area (Å²) >= 11 is 0. The van der Waals surface area contributed by atoms with Crippen molar-refractivity contribution in [3.8, 4) is 5.75 Å². The zero-order valence-corrected chi connectivity index (χ0v) is 12.0. The zero-order chi connectivity index (χ0) is 15.1. The van der Waals surface area contributed by atoms with Crippen molar-refractivity contribution in [2.24, 2.45) is 5.73 Å². The van der Waals surface area contributed by atoms with Crippen LogP contribution in [0.4, 0.5) is 4.79 Å². The largest absolute Gasteiger partial charge is 0.481 e. The highest BCUT2D eigenvalue weighted by Gasteiger charge is 2.19. The van der Waals surface area contributed by atoms with E-state index < -0.39 is 18.0 Å². The number of rotatable bonds is 5. The van der Waals surface area contributed by atoms with Crippen molar-refractivity contribution in [3.63, 3.8) is 0 Å². The normalized spacial score (nSPS) is 13.2. The van der Waals surface area contributed by atoms with Crippen LogP contribution < -0.4 is 21.1 Å². The highest BCUT2D eigenvalue weighted by Crippen LogP contribution is 2.26. The van der Waals surface area contributed by atoms with Crippen LogP contribution in [0.5, 0.6) is 5.75 Å². The molecule has 0 saturated heterocycles. The molecule has 3 amide bonds. The molecule has 2 unspecified atom stereocenters. The van der Waals surface area contributed by atoms with Gasteiger partial charge >= 0.3 is 6.03 Å². The van der Waals surface area contributed by atoms with E-state index >= 15 is 0 Å². The molecule has 6 heteroatoms. The molecule has 0 radical (unpaired) electrons. The highest BCUT2D eigenvalue weighted by molar-refractivity contribution is 5.96. The number of hydrogen-bond donors (Lipinski definition) is 3. The van der Waals surface area contributed by atoms with Crippen molar-refractivity contribution in [1.82, 2.24) is 10.6 Å². The molecule has 0 heterocycles. The molecule has 0 spiro atoms. The number of hydrogen-bond acceptors (Lipinski definition) is 4. The minimum Gasteiger partial charge on any atom is -0.481 e. The number of imide groups is 1. The number of ether oxygens (including phenoxy) is 1. The highest BCUT2D eigenvalue weighted by atomic mass is 16.5. The first-order valence-corrected chi connectivity index (χ1v) is 6.53. The van der Waals surface area contributed by atoms with E-state index in [0.29, 0.717) is 5.75 Å². The van der Waals surface area contributed by atoms with Gasteiger partial charge in [0.1, 0.15) is 5.75 Å². The summed E-state index contributed by atoms with van der Waals surface area (Å²) in [6.45, 7) is 3.55. The van der Waals surface area contributed by atoms with Gasteiger partial charge in [-0.3, -0.25) is 10.1 Å². The van der Waals surface area contributed by atoms with E-state index in [-0.39, 0.29) is 6.04 Å². The van der Waals surface area contributed by atoms with Crippen LogP contribution in [0.25, 0.3) is 0 Å². The summed E-state index contributed by atoms with van der Waals surface area (Å²) in [7, 11) is 1.43. The quantitative estimate of drug-likeness (QED) is 0.757. The lowest BCUT2D eigenvalue weighted by Gasteiger charge is -2.19. The summed E-state index contributed by atoms with van der Waals surface area (Å²) in [6, 6.07) is 6.59. The molecule has 6 nitrogen and oxygen atoms in total. The predicted octanol–water partition coefficient (Wildman–Crippen LogP) is 1.32. The Labute approximate surface area is 118 Å². The number of nitrogens with two attached hydrogens (primary N) is 1. The van der Waals surface area contributed by atoms with Crippen molar-refractivity contribution in [1.29, 1.82) is 0 Å². The summed E-state index contributed by atoms with van der Waals surface area (Å²) in [5.74, 6) is 0.0469. The van der Waals surface area contributed by atoms with Gasteiger partial charge in [-0.05, 0) is 19.4 Å². The molecule has 1 aromatic rings. The molecular weight excluding hydrogens is 258 g/mol. The van der Waals surface area contributed by atoms with E-state index in [4.69, 9.17) is 10.5 Å². The van der Waals surface area contributed by atoms with Crippen LogP contribution in [0.3, 0.4) is 0 Å². The molecular formula is C14H21N3O3. The molecule has 1 aromatic carbocycles. The molecule has 4 N–H and O–H groups in total. The van der Waals surface area contributed by atoms with Crippen LogP contribution in [0.2, 0.25) is 0 Å². The third-order valence-corrected chi connectivity index (χ3v) is 2.90. The molecule has 0 aliphatic carbocycles. The van der Waals surface area contributed by atoms with Crippen LogP contribution in [0.15, 0.2) is 24.3 Å². The Hall–Kier alpha value is -2.08. The lowest BCUT2D eigenvalue weighted by Crippen LogP contribution is -2.44. The van der Waals surface area contributed by atoms with Gasteiger partial charge in [0.15, 0.2) is 6.10 Å². The maximum atomic E-state index is 11.7. The lowest BCUT2D eigenvalue weighted by atomic mass is 10.0. The second kappa shape index (κ2) is 7.49. The maximum absolute atomic E-state index is 11.7. The van der Waals surface area contributed by atoms with Crippen LogP contribution in [-0.2, 0) is 4.79 Å². The molecule has 0 aromatic heterocycles. The Morgan fingerprint density at radius 1 is 1.35 bits per heavy atom. The van der Waals surface area contributed by atoms with Crippen molar-refractivity contribution >= 4 is 11.9 Å². The molecule has 0 aliphatic rings. The van der Waals surface area contributed by atoms with E-state index in [2.05, 4.69) is 10.6 Å². The number of para-hydroxylation sites is 1. The first-order valence-electron chi connectivity index (χ1n) is 6.53. The Morgan fingerprint density at radius 2 is 2.00 bits per heavy atom. The van der Waals surface area contributed by atoms with Crippen molar-refractivity contribution in [2.75, 3.05) is 7.05 Å². The van der Waals surface area contributed by atoms with Crippen molar-refractivity contribution < 1.29 is 14.3 Å². The van der Waals surface area contributed by atoms with Gasteiger partial charge in [-0.25, -0.2) is 4.79 Å². The second-order valence-corrected chi connectivity index (χ2v) is 4.38. The molecule has 1 rings (SSSR count). The van der Waals surface area contributed by atoms with Gasteiger partial charge in [0.2, 0.25) is 0 Å². The molecule has 0 saturated carbocycles. The van der Waals surface area contributed by atoms with Crippen LogP contribution >= 0.6 is 0 Å². The van der Waals surface area contributed by atoms with Gasteiger partial charge in [0, 0.05) is 18.7 Å². The minimum atomic E-state index is -0.794. The molecule has 110 valence electrons. The fraction of sp³-hybridized carbons (Fsp3) is 0.429. The number of carbonyl (C=O) groups is 2. The SMILES string of the molecule is CCC(N)c1ccccc1OC(C)C(=O)NC(=O)NC. The summed E-state index contributed by atoms with van der Waals surface area (Å²) in [5.41, 5.74) is 6.85. The van der Waals surface area contributed by atoms with Crippen molar-refractivity contribution in [2.45, 2.75) is 32.4 Å². The summed E-state index contributed by atoms with van der Waals surface area (Å²) in [5, 5.41) is 4.47. The van der Waals surface area contributed by atoms with Gasteiger partial charge in [-0.15, -0.1) is 0 Å². The smallest absolute Gasteiger partial charge is 0.321 e. The third kappa shape index (κ3) is 4.24. The van der Waals surface area contributed by atoms with Crippen molar-refractivity contribution in [3.05, 3.63) is 29.8 Å². The first-order chi connectivity index (χ1) is 9.49. The Morgan fingerprint density at radius 3 is 2.60 bits per heavy atom. The minimum absolute atomic E-state index is 0.152. The molecule has 0 bridgehead atoms. The van der Waals surface area contributed by atoms with Gasteiger partial charge < -0.3 is 15.8 Å². The average Bonchev–Trinajstić information content (AvgIpc) is 2.46. The Balaban J connectivity index is 2.77. The molecule has 20 heavy (non-hydrogen) atoms. The number of carbonyl (C=O) groups excluding carboxylic acids is 2. The summed E-state index contributed by atoms with van der Waals surface area (Å²) in [4.78, 5) is 22.8. The monoisotopic (exact) mass is 279 g/mol. The first kappa shape index (κ1) is 16.0. The van der Waals surface area contributed by atoms with Gasteiger partial charge in [0.05, 0.1) is 0 Å². The van der Waals surface area contributed by atoms with Crippen LogP contribution in [0, 0.1) is 0 Å². The summed E-state index contributed by atoms with van der Waals surface area (Å²) < 4.78 is 5.60. The Bertz CT molecular complexity index is 476. The lowest BCUT2D eigenvalue weighted by molar-refractivity contribution is -0.126. The fourth-order valence-electron chi connectivity index (χ4n) is 1.63. The van der Waals surface area contributed by atoms with Crippen LogP contribution in [0.1, 0.15) is 31.9 Å². The zero-order valence-electron chi connectivity index (χ0n) is 12.0. The number of nitrogens with one attached hydrogen (secondary N) is 2. The molecule has 0 fully saturated rings. The number of urea groups is 1. The topological polar surface area (TPSA) is 93.4 Å².